The molecule has 0 unspecified atom stereocenters. The Labute approximate surface area is 161 Å². The molecule has 1 N–H and O–H groups in total. The number of para-hydroxylation sites is 1. The summed E-state index contributed by atoms with van der Waals surface area (Å²) >= 11 is 0. The first-order chi connectivity index (χ1) is 13.5. The first kappa shape index (κ1) is 19.2. The second kappa shape index (κ2) is 8.39. The smallest absolute Gasteiger partial charge is 0.338 e. The predicted octanol–water partition coefficient (Wildman–Crippen LogP) is 3.28. The molecule has 0 bridgehead atoms. The molecule has 28 heavy (non-hydrogen) atoms. The third-order valence-corrected chi connectivity index (χ3v) is 4.25. The molecule has 0 atom stereocenters. The van der Waals surface area contributed by atoms with Gasteiger partial charge in [-0.15, -0.1) is 0 Å². The van der Waals surface area contributed by atoms with Gasteiger partial charge >= 0.3 is 17.9 Å². The molecule has 1 aromatic heterocycles. The van der Waals surface area contributed by atoms with Gasteiger partial charge in [0.1, 0.15) is 5.75 Å². The number of carbonyl (C=O) groups is 3. The van der Waals surface area contributed by atoms with Gasteiger partial charge in [0.15, 0.2) is 0 Å². The van der Waals surface area contributed by atoms with E-state index in [1.807, 2.05) is 30.5 Å². The molecule has 7 heteroatoms. The lowest BCUT2D eigenvalue weighted by atomic mass is 10.1. The maximum absolute atomic E-state index is 12.3. The molecule has 0 radical (unpaired) electrons. The van der Waals surface area contributed by atoms with E-state index in [2.05, 4.69) is 14.5 Å². The lowest BCUT2D eigenvalue weighted by Crippen LogP contribution is -2.12. The molecule has 3 aromatic rings. The van der Waals surface area contributed by atoms with Crippen LogP contribution in [0.15, 0.2) is 48.7 Å². The number of aromatic amines is 1. The number of ether oxygens (including phenoxy) is 3. The zero-order chi connectivity index (χ0) is 20.1. The van der Waals surface area contributed by atoms with Crippen LogP contribution in [0.4, 0.5) is 0 Å². The fourth-order valence-corrected chi connectivity index (χ4v) is 2.89. The topological polar surface area (TPSA) is 94.7 Å². The van der Waals surface area contributed by atoms with E-state index in [4.69, 9.17) is 4.74 Å². The molecular formula is C21H19NO6. The summed E-state index contributed by atoms with van der Waals surface area (Å²) < 4.78 is 14.7. The molecule has 0 amide bonds. The first-order valence-corrected chi connectivity index (χ1v) is 8.59. The van der Waals surface area contributed by atoms with Crippen LogP contribution in [-0.2, 0) is 20.7 Å². The van der Waals surface area contributed by atoms with Crippen molar-refractivity contribution < 1.29 is 28.6 Å². The number of benzene rings is 2. The molecule has 0 aliphatic heterocycles. The lowest BCUT2D eigenvalue weighted by Gasteiger charge is -2.09. The highest BCUT2D eigenvalue weighted by atomic mass is 16.5. The van der Waals surface area contributed by atoms with Crippen LogP contribution in [0.1, 0.15) is 32.7 Å². The van der Waals surface area contributed by atoms with Crippen LogP contribution in [0.5, 0.6) is 5.75 Å². The minimum Gasteiger partial charge on any atom is -0.465 e. The summed E-state index contributed by atoms with van der Waals surface area (Å²) in [7, 11) is 2.44. The Balaban J connectivity index is 1.73. The van der Waals surface area contributed by atoms with Crippen LogP contribution in [-0.4, -0.2) is 37.1 Å². The highest BCUT2D eigenvalue weighted by Gasteiger charge is 2.16. The van der Waals surface area contributed by atoms with Crippen molar-refractivity contribution >= 4 is 28.8 Å². The molecule has 0 saturated carbocycles. The van der Waals surface area contributed by atoms with Crippen molar-refractivity contribution in [2.45, 2.75) is 12.8 Å². The summed E-state index contributed by atoms with van der Waals surface area (Å²) in [6.45, 7) is 0. The third-order valence-electron chi connectivity index (χ3n) is 4.25. The van der Waals surface area contributed by atoms with Crippen molar-refractivity contribution in [3.05, 3.63) is 65.4 Å². The molecule has 144 valence electrons. The summed E-state index contributed by atoms with van der Waals surface area (Å²) in [5.41, 5.74) is 2.18. The van der Waals surface area contributed by atoms with E-state index < -0.39 is 17.9 Å². The molecule has 0 fully saturated rings. The van der Waals surface area contributed by atoms with E-state index in [9.17, 15) is 14.4 Å². The number of methoxy groups -OCH3 is 2. The van der Waals surface area contributed by atoms with Gasteiger partial charge in [-0.2, -0.15) is 0 Å². The van der Waals surface area contributed by atoms with Crippen molar-refractivity contribution in [3.8, 4) is 5.75 Å². The number of H-pyrrole nitrogens is 1. The van der Waals surface area contributed by atoms with E-state index in [-0.39, 0.29) is 23.3 Å². The van der Waals surface area contributed by atoms with Gasteiger partial charge in [-0.3, -0.25) is 4.79 Å². The van der Waals surface area contributed by atoms with Gasteiger partial charge < -0.3 is 19.2 Å². The Morgan fingerprint density at radius 1 is 0.929 bits per heavy atom. The number of fused-ring (bicyclic) bond motifs is 1. The summed E-state index contributed by atoms with van der Waals surface area (Å²) in [4.78, 5) is 39.0. The normalized spacial score (nSPS) is 10.5. The summed E-state index contributed by atoms with van der Waals surface area (Å²) in [5, 5.41) is 1.05. The van der Waals surface area contributed by atoms with Gasteiger partial charge in [-0.05, 0) is 36.2 Å². The number of nitrogens with one attached hydrogen (secondary N) is 1. The minimum absolute atomic E-state index is 0.0761. The van der Waals surface area contributed by atoms with Crippen molar-refractivity contribution in [1.82, 2.24) is 4.98 Å². The van der Waals surface area contributed by atoms with Gasteiger partial charge in [0.2, 0.25) is 0 Å². The monoisotopic (exact) mass is 381 g/mol. The molecule has 0 saturated heterocycles. The van der Waals surface area contributed by atoms with E-state index in [1.165, 1.54) is 32.4 Å². The van der Waals surface area contributed by atoms with Crippen molar-refractivity contribution in [1.29, 1.82) is 0 Å². The molecular weight excluding hydrogens is 362 g/mol. The van der Waals surface area contributed by atoms with Crippen LogP contribution in [0, 0.1) is 0 Å². The number of hydrogen-bond donors (Lipinski definition) is 1. The number of aryl methyl sites for hydroxylation is 1. The van der Waals surface area contributed by atoms with E-state index in [0.29, 0.717) is 6.42 Å². The number of carbonyl (C=O) groups excluding carboxylic acids is 3. The molecule has 7 nitrogen and oxygen atoms in total. The highest BCUT2D eigenvalue weighted by Crippen LogP contribution is 2.22. The maximum Gasteiger partial charge on any atom is 0.338 e. The molecule has 0 aliphatic carbocycles. The molecule has 0 spiro atoms. The predicted molar refractivity (Wildman–Crippen MR) is 101 cm³/mol. The van der Waals surface area contributed by atoms with Gasteiger partial charge in [0.25, 0.3) is 0 Å². The Kier molecular flexibility index (Phi) is 5.74. The fourth-order valence-electron chi connectivity index (χ4n) is 2.89. The molecule has 1 heterocycles. The second-order valence-electron chi connectivity index (χ2n) is 6.06. The fraction of sp³-hybridized carbons (Fsp3) is 0.190. The summed E-state index contributed by atoms with van der Waals surface area (Å²) in [6.07, 6.45) is 2.49. The molecule has 3 rings (SSSR count). The maximum atomic E-state index is 12.3. The summed E-state index contributed by atoms with van der Waals surface area (Å²) in [6, 6.07) is 11.8. The number of esters is 3. The van der Waals surface area contributed by atoms with Crippen LogP contribution >= 0.6 is 0 Å². The zero-order valence-corrected chi connectivity index (χ0v) is 15.5. The first-order valence-electron chi connectivity index (χ1n) is 8.59. The minimum atomic E-state index is -0.651. The van der Waals surface area contributed by atoms with Crippen LogP contribution in [0.3, 0.4) is 0 Å². The van der Waals surface area contributed by atoms with E-state index in [1.54, 1.807) is 0 Å². The van der Waals surface area contributed by atoms with E-state index in [0.717, 1.165) is 16.5 Å². The van der Waals surface area contributed by atoms with Crippen LogP contribution < -0.4 is 4.74 Å². The van der Waals surface area contributed by atoms with Crippen molar-refractivity contribution in [2.24, 2.45) is 0 Å². The zero-order valence-electron chi connectivity index (χ0n) is 15.5. The Hall–Kier alpha value is -3.61. The lowest BCUT2D eigenvalue weighted by molar-refractivity contribution is -0.134. The molecule has 0 aliphatic rings. The van der Waals surface area contributed by atoms with Crippen molar-refractivity contribution in [2.75, 3.05) is 14.2 Å². The Morgan fingerprint density at radius 3 is 2.21 bits per heavy atom. The number of rotatable bonds is 6. The Bertz CT molecular complexity index is 1000. The quantitative estimate of drug-likeness (QED) is 0.520. The summed E-state index contributed by atoms with van der Waals surface area (Å²) in [5.74, 6) is -1.71. The average Bonchev–Trinajstić information content (AvgIpc) is 3.14. The van der Waals surface area contributed by atoms with Gasteiger partial charge in [-0.1, -0.05) is 18.2 Å². The van der Waals surface area contributed by atoms with Crippen LogP contribution in [0.2, 0.25) is 0 Å². The number of hydrogen-bond acceptors (Lipinski definition) is 6. The van der Waals surface area contributed by atoms with Crippen LogP contribution in [0.25, 0.3) is 10.9 Å². The second-order valence-corrected chi connectivity index (χ2v) is 6.06. The number of aromatic nitrogens is 1. The van der Waals surface area contributed by atoms with Crippen molar-refractivity contribution in [3.63, 3.8) is 0 Å². The third kappa shape index (κ3) is 4.20. The van der Waals surface area contributed by atoms with E-state index >= 15 is 0 Å². The molecule has 2 aromatic carbocycles. The largest absolute Gasteiger partial charge is 0.465 e. The van der Waals surface area contributed by atoms with Gasteiger partial charge in [0.05, 0.1) is 31.8 Å². The SMILES string of the molecule is COC(=O)c1cc(OC(=O)CCc2c[nH]c3ccccc23)cc(C(=O)OC)c1. The standard InChI is InChI=1S/C21H19NO6/c1-26-20(24)14-9-15(21(25)27-2)11-16(10-14)28-19(23)8-7-13-12-22-18-6-4-3-5-17(13)18/h3-6,9-12,22H,7-8H2,1-2H3. The highest BCUT2D eigenvalue weighted by molar-refractivity contribution is 5.96. The van der Waals surface area contributed by atoms with Gasteiger partial charge in [-0.25, -0.2) is 9.59 Å². The van der Waals surface area contributed by atoms with Gasteiger partial charge in [0, 0.05) is 17.1 Å². The average molecular weight is 381 g/mol. The Morgan fingerprint density at radius 2 is 1.57 bits per heavy atom.